The van der Waals surface area contributed by atoms with E-state index >= 15 is 0 Å². The molecule has 0 amide bonds. The number of aromatic nitrogens is 1. The lowest BCUT2D eigenvalue weighted by atomic mass is 10.2. The van der Waals surface area contributed by atoms with E-state index < -0.39 is 0 Å². The molecule has 2 aromatic rings. The molecule has 0 spiro atoms. The van der Waals surface area contributed by atoms with Crippen molar-refractivity contribution in [3.63, 3.8) is 0 Å². The van der Waals surface area contributed by atoms with E-state index in [9.17, 15) is 4.79 Å². The summed E-state index contributed by atoms with van der Waals surface area (Å²) in [5.74, 6) is 0. The number of nitrogens with one attached hydrogen (secondary N) is 1. The molecule has 2 nitrogen and oxygen atoms in total. The van der Waals surface area contributed by atoms with Gasteiger partial charge in [-0.3, -0.25) is 4.79 Å². The number of carbonyl (C=O) groups is 1. The Hall–Kier alpha value is -0.550. The van der Waals surface area contributed by atoms with Gasteiger partial charge in [0.1, 0.15) is 0 Å². The van der Waals surface area contributed by atoms with Gasteiger partial charge in [0.2, 0.25) is 0 Å². The summed E-state index contributed by atoms with van der Waals surface area (Å²) in [7, 11) is 0. The molecule has 1 aromatic heterocycles. The predicted molar refractivity (Wildman–Crippen MR) is 61.4 cm³/mol. The lowest BCUT2D eigenvalue weighted by Gasteiger charge is -1.92. The van der Waals surface area contributed by atoms with Crippen LogP contribution in [0.2, 0.25) is 5.02 Å². The lowest BCUT2D eigenvalue weighted by Crippen LogP contribution is -1.79. The fourth-order valence-electron chi connectivity index (χ4n) is 1.31. The number of hydrogen-bond donors (Lipinski definition) is 1. The molecule has 0 atom stereocenters. The van der Waals surface area contributed by atoms with Crippen LogP contribution >= 0.6 is 34.2 Å². The predicted octanol–water partition coefficient (Wildman–Crippen LogP) is 3.24. The van der Waals surface area contributed by atoms with Gasteiger partial charge in [-0.1, -0.05) is 17.7 Å². The van der Waals surface area contributed by atoms with Gasteiger partial charge in [-0.15, -0.1) is 0 Å². The van der Waals surface area contributed by atoms with Crippen LogP contribution in [-0.4, -0.2) is 11.3 Å². The largest absolute Gasteiger partial charge is 0.349 e. The average Bonchev–Trinajstić information content (AvgIpc) is 2.42. The standard InChI is InChI=1S/C9H5ClINO/c10-6-2-1-3-7-8(6)5(4-13)9(11)12-7/h1-4,12H. The molecule has 0 fully saturated rings. The zero-order valence-electron chi connectivity index (χ0n) is 6.47. The van der Waals surface area contributed by atoms with Crippen molar-refractivity contribution in [3.05, 3.63) is 32.5 Å². The maximum absolute atomic E-state index is 10.8. The number of hydrogen-bond acceptors (Lipinski definition) is 1. The third kappa shape index (κ3) is 1.36. The minimum Gasteiger partial charge on any atom is -0.349 e. The Morgan fingerprint density at radius 2 is 2.23 bits per heavy atom. The first kappa shape index (κ1) is 9.02. The van der Waals surface area contributed by atoms with Crippen molar-refractivity contribution in [3.8, 4) is 0 Å². The second-order valence-electron chi connectivity index (χ2n) is 2.63. The Labute approximate surface area is 93.4 Å². The third-order valence-electron chi connectivity index (χ3n) is 1.88. The zero-order valence-corrected chi connectivity index (χ0v) is 9.39. The van der Waals surface area contributed by atoms with Gasteiger partial charge in [0.15, 0.2) is 6.29 Å². The highest BCUT2D eigenvalue weighted by Gasteiger charge is 2.10. The zero-order chi connectivity index (χ0) is 9.42. The van der Waals surface area contributed by atoms with E-state index in [4.69, 9.17) is 11.6 Å². The van der Waals surface area contributed by atoms with Crippen LogP contribution < -0.4 is 0 Å². The van der Waals surface area contributed by atoms with Gasteiger partial charge in [0.05, 0.1) is 14.3 Å². The molecule has 2 rings (SSSR count). The van der Waals surface area contributed by atoms with Gasteiger partial charge in [0, 0.05) is 10.9 Å². The molecule has 13 heavy (non-hydrogen) atoms. The van der Waals surface area contributed by atoms with Gasteiger partial charge in [-0.05, 0) is 34.7 Å². The molecule has 0 unspecified atom stereocenters. The minimum absolute atomic E-state index is 0.610. The summed E-state index contributed by atoms with van der Waals surface area (Å²) in [5.41, 5.74) is 1.54. The highest BCUT2D eigenvalue weighted by Crippen LogP contribution is 2.28. The minimum atomic E-state index is 0.610. The van der Waals surface area contributed by atoms with Crippen LogP contribution in [0.25, 0.3) is 10.9 Å². The van der Waals surface area contributed by atoms with Crippen molar-refractivity contribution in [1.29, 1.82) is 0 Å². The van der Waals surface area contributed by atoms with Crippen LogP contribution in [0.3, 0.4) is 0 Å². The van der Waals surface area contributed by atoms with Crippen molar-refractivity contribution in [2.24, 2.45) is 0 Å². The third-order valence-corrected chi connectivity index (χ3v) is 3.05. The molecule has 66 valence electrons. The van der Waals surface area contributed by atoms with E-state index in [-0.39, 0.29) is 0 Å². The summed E-state index contributed by atoms with van der Waals surface area (Å²) in [6.45, 7) is 0. The summed E-state index contributed by atoms with van der Waals surface area (Å²) < 4.78 is 0.829. The Kier molecular flexibility index (Phi) is 2.29. The summed E-state index contributed by atoms with van der Waals surface area (Å²) in [4.78, 5) is 13.9. The first-order valence-electron chi connectivity index (χ1n) is 3.65. The monoisotopic (exact) mass is 305 g/mol. The molecule has 0 saturated carbocycles. The smallest absolute Gasteiger partial charge is 0.153 e. The van der Waals surface area contributed by atoms with Gasteiger partial charge in [-0.25, -0.2) is 0 Å². The molecule has 0 bridgehead atoms. The molecule has 1 aromatic carbocycles. The van der Waals surface area contributed by atoms with Crippen molar-refractivity contribution in [2.45, 2.75) is 0 Å². The Morgan fingerprint density at radius 1 is 1.46 bits per heavy atom. The average molecular weight is 306 g/mol. The first-order chi connectivity index (χ1) is 6.24. The highest BCUT2D eigenvalue weighted by molar-refractivity contribution is 14.1. The number of rotatable bonds is 1. The summed E-state index contributed by atoms with van der Waals surface area (Å²) in [6.07, 6.45) is 0.826. The van der Waals surface area contributed by atoms with E-state index in [2.05, 4.69) is 27.6 Å². The molecule has 0 radical (unpaired) electrons. The first-order valence-corrected chi connectivity index (χ1v) is 5.10. The van der Waals surface area contributed by atoms with Gasteiger partial charge in [0.25, 0.3) is 0 Å². The number of fused-ring (bicyclic) bond motifs is 1. The van der Waals surface area contributed by atoms with Crippen LogP contribution in [-0.2, 0) is 0 Å². The maximum Gasteiger partial charge on any atom is 0.153 e. The van der Waals surface area contributed by atoms with Crippen molar-refractivity contribution < 1.29 is 4.79 Å². The van der Waals surface area contributed by atoms with Crippen LogP contribution in [0.1, 0.15) is 10.4 Å². The number of H-pyrrole nitrogens is 1. The van der Waals surface area contributed by atoms with Crippen molar-refractivity contribution >= 4 is 51.4 Å². The summed E-state index contributed by atoms with van der Waals surface area (Å²) in [5, 5.41) is 1.42. The molecular weight excluding hydrogens is 300 g/mol. The van der Waals surface area contributed by atoms with E-state index in [1.54, 1.807) is 6.07 Å². The molecule has 0 aliphatic carbocycles. The SMILES string of the molecule is O=Cc1c(I)[nH]c2cccc(Cl)c12. The van der Waals surface area contributed by atoms with Crippen LogP contribution in [0, 0.1) is 3.70 Å². The van der Waals surface area contributed by atoms with E-state index in [1.807, 2.05) is 12.1 Å². The van der Waals surface area contributed by atoms with Gasteiger partial charge in [-0.2, -0.15) is 0 Å². The molecular formula is C9H5ClINO. The number of aldehydes is 1. The number of aromatic amines is 1. The van der Waals surface area contributed by atoms with Crippen molar-refractivity contribution in [2.75, 3.05) is 0 Å². The van der Waals surface area contributed by atoms with Crippen LogP contribution in [0.4, 0.5) is 0 Å². The number of halogens is 2. The molecule has 0 aliphatic rings. The van der Waals surface area contributed by atoms with E-state index in [0.29, 0.717) is 10.6 Å². The van der Waals surface area contributed by atoms with Crippen LogP contribution in [0.15, 0.2) is 18.2 Å². The van der Waals surface area contributed by atoms with Gasteiger partial charge >= 0.3 is 0 Å². The number of benzene rings is 1. The topological polar surface area (TPSA) is 32.9 Å². The second-order valence-corrected chi connectivity index (χ2v) is 4.12. The molecule has 1 N–H and O–H groups in total. The van der Waals surface area contributed by atoms with Gasteiger partial charge < -0.3 is 4.98 Å². The number of carbonyl (C=O) groups excluding carboxylic acids is 1. The molecule has 0 aliphatic heterocycles. The lowest BCUT2D eigenvalue weighted by molar-refractivity contribution is 0.112. The molecule has 1 heterocycles. The maximum atomic E-state index is 10.8. The fourth-order valence-corrected chi connectivity index (χ4v) is 2.27. The second kappa shape index (κ2) is 3.31. The molecule has 0 saturated heterocycles. The van der Waals surface area contributed by atoms with Crippen molar-refractivity contribution in [1.82, 2.24) is 4.98 Å². The normalized spacial score (nSPS) is 10.6. The fraction of sp³-hybridized carbons (Fsp3) is 0. The quantitative estimate of drug-likeness (QED) is 0.637. The van der Waals surface area contributed by atoms with E-state index in [0.717, 1.165) is 20.9 Å². The Morgan fingerprint density at radius 3 is 2.92 bits per heavy atom. The van der Waals surface area contributed by atoms with Crippen LogP contribution in [0.5, 0.6) is 0 Å². The Balaban J connectivity index is 2.96. The Bertz CT molecular complexity index is 478. The van der Waals surface area contributed by atoms with E-state index in [1.165, 1.54) is 0 Å². The molecule has 4 heteroatoms. The highest BCUT2D eigenvalue weighted by atomic mass is 127. The summed E-state index contributed by atoms with van der Waals surface area (Å²) in [6, 6.07) is 5.53. The summed E-state index contributed by atoms with van der Waals surface area (Å²) >= 11 is 8.06.